The molecule has 7 heteroatoms. The Morgan fingerprint density at radius 3 is 2.72 bits per heavy atom. The van der Waals surface area contributed by atoms with Gasteiger partial charge in [0.05, 0.1) is 17.3 Å². The van der Waals surface area contributed by atoms with Crippen LogP contribution >= 0.6 is 11.3 Å². The molecule has 1 amide bonds. The molecule has 0 aliphatic rings. The highest BCUT2D eigenvalue weighted by atomic mass is 32.1. The minimum Gasteiger partial charge on any atom is -0.481 e. The maximum Gasteiger partial charge on any atom is 0.266 e. The van der Waals surface area contributed by atoms with E-state index in [9.17, 15) is 4.79 Å². The lowest BCUT2D eigenvalue weighted by Gasteiger charge is -2.13. The number of aromatic nitrogens is 2. The molecule has 0 spiro atoms. The van der Waals surface area contributed by atoms with Crippen molar-refractivity contribution in [1.82, 2.24) is 9.97 Å². The fraction of sp³-hybridized carbons (Fsp3) is 0.111. The molecule has 0 radical (unpaired) electrons. The summed E-state index contributed by atoms with van der Waals surface area (Å²) in [5.74, 6) is 0.223. The minimum absolute atomic E-state index is 0.300. The molecule has 1 aromatic carbocycles. The summed E-state index contributed by atoms with van der Waals surface area (Å²) in [4.78, 5) is 20.8. The first-order valence-corrected chi connectivity index (χ1v) is 8.38. The Bertz CT molecular complexity index is 901. The largest absolute Gasteiger partial charge is 0.481 e. The van der Waals surface area contributed by atoms with Crippen molar-refractivity contribution in [3.8, 4) is 23.2 Å². The van der Waals surface area contributed by atoms with Gasteiger partial charge in [0.15, 0.2) is 11.2 Å². The predicted octanol–water partition coefficient (Wildman–Crippen LogP) is 3.48. The third-order valence-corrected chi connectivity index (χ3v) is 4.08. The van der Waals surface area contributed by atoms with Gasteiger partial charge >= 0.3 is 0 Å². The van der Waals surface area contributed by atoms with Crippen LogP contribution in [0, 0.1) is 11.3 Å². The summed E-state index contributed by atoms with van der Waals surface area (Å²) < 4.78 is 5.58. The third kappa shape index (κ3) is 4.19. The maximum atomic E-state index is 12.2. The SMILES string of the molecule is C[C@H](Oc1ccc(C#N)cc1)C(=O)Nc1nc(-c2ccccn2)cs1. The smallest absolute Gasteiger partial charge is 0.266 e. The number of carbonyl (C=O) groups excluding carboxylic acids is 1. The summed E-state index contributed by atoms with van der Waals surface area (Å²) in [6.45, 7) is 1.65. The van der Waals surface area contributed by atoms with E-state index >= 15 is 0 Å². The van der Waals surface area contributed by atoms with Crippen LogP contribution in [-0.2, 0) is 4.79 Å². The molecule has 0 aliphatic carbocycles. The molecule has 0 bridgehead atoms. The lowest BCUT2D eigenvalue weighted by molar-refractivity contribution is -0.122. The van der Waals surface area contributed by atoms with Crippen molar-refractivity contribution in [1.29, 1.82) is 5.26 Å². The number of hydrogen-bond acceptors (Lipinski definition) is 6. The fourth-order valence-electron chi connectivity index (χ4n) is 2.04. The van der Waals surface area contributed by atoms with Crippen molar-refractivity contribution in [2.45, 2.75) is 13.0 Å². The summed E-state index contributed by atoms with van der Waals surface area (Å²) in [5.41, 5.74) is 2.00. The molecule has 3 rings (SSSR count). The van der Waals surface area contributed by atoms with Crippen molar-refractivity contribution in [2.75, 3.05) is 5.32 Å². The van der Waals surface area contributed by atoms with Crippen molar-refractivity contribution < 1.29 is 9.53 Å². The third-order valence-electron chi connectivity index (χ3n) is 3.33. The Kier molecular flexibility index (Phi) is 5.02. The van der Waals surface area contributed by atoms with Crippen LogP contribution in [0.3, 0.4) is 0 Å². The number of thiazole rings is 1. The van der Waals surface area contributed by atoms with Gasteiger partial charge in [-0.25, -0.2) is 4.98 Å². The van der Waals surface area contributed by atoms with Crippen molar-refractivity contribution in [3.05, 3.63) is 59.6 Å². The van der Waals surface area contributed by atoms with Crippen LogP contribution in [-0.4, -0.2) is 22.0 Å². The van der Waals surface area contributed by atoms with Gasteiger partial charge in [-0.15, -0.1) is 11.3 Å². The number of carbonyl (C=O) groups is 1. The molecular weight excluding hydrogens is 336 g/mol. The highest BCUT2D eigenvalue weighted by Crippen LogP contribution is 2.23. The number of nitrogens with one attached hydrogen (secondary N) is 1. The van der Waals surface area contributed by atoms with Crippen LogP contribution in [0.25, 0.3) is 11.4 Å². The maximum absolute atomic E-state index is 12.2. The molecule has 6 nitrogen and oxygen atoms in total. The second-order valence-electron chi connectivity index (χ2n) is 5.14. The topological polar surface area (TPSA) is 87.9 Å². The molecule has 3 aromatic rings. The molecule has 0 fully saturated rings. The number of ether oxygens (including phenoxy) is 1. The van der Waals surface area contributed by atoms with Gasteiger partial charge in [0, 0.05) is 11.6 Å². The standard InChI is InChI=1S/C18H14N4O2S/c1-12(24-14-7-5-13(10-19)6-8-14)17(23)22-18-21-16(11-25-18)15-4-2-3-9-20-15/h2-9,11-12H,1H3,(H,21,22,23)/t12-/m0/s1. The van der Waals surface area contributed by atoms with Crippen molar-refractivity contribution >= 4 is 22.4 Å². The van der Waals surface area contributed by atoms with E-state index in [0.717, 1.165) is 5.69 Å². The highest BCUT2D eigenvalue weighted by molar-refractivity contribution is 7.14. The molecule has 0 saturated carbocycles. The number of hydrogen-bond donors (Lipinski definition) is 1. The number of rotatable bonds is 5. The van der Waals surface area contributed by atoms with E-state index in [4.69, 9.17) is 10.00 Å². The number of benzene rings is 1. The first-order valence-electron chi connectivity index (χ1n) is 7.50. The van der Waals surface area contributed by atoms with Gasteiger partial charge < -0.3 is 4.74 Å². The number of anilines is 1. The zero-order valence-corrected chi connectivity index (χ0v) is 14.2. The molecule has 124 valence electrons. The average molecular weight is 350 g/mol. The Morgan fingerprint density at radius 2 is 2.04 bits per heavy atom. The fourth-order valence-corrected chi connectivity index (χ4v) is 2.74. The van der Waals surface area contributed by atoms with Crippen molar-refractivity contribution in [2.24, 2.45) is 0 Å². The summed E-state index contributed by atoms with van der Waals surface area (Å²) in [6.07, 6.45) is 0.996. The molecule has 25 heavy (non-hydrogen) atoms. The van der Waals surface area contributed by atoms with Gasteiger partial charge in [-0.2, -0.15) is 5.26 Å². The van der Waals surface area contributed by atoms with E-state index in [2.05, 4.69) is 15.3 Å². The average Bonchev–Trinajstić information content (AvgIpc) is 3.11. The molecule has 0 unspecified atom stereocenters. The zero-order chi connectivity index (χ0) is 17.6. The normalized spacial score (nSPS) is 11.4. The summed E-state index contributed by atoms with van der Waals surface area (Å²) in [7, 11) is 0. The van der Waals surface area contributed by atoms with Gasteiger partial charge in [0.25, 0.3) is 5.91 Å². The van der Waals surface area contributed by atoms with Crippen LogP contribution < -0.4 is 10.1 Å². The number of pyridine rings is 1. The van der Waals surface area contributed by atoms with Gasteiger partial charge in [-0.3, -0.25) is 15.1 Å². The van der Waals surface area contributed by atoms with E-state index in [1.165, 1.54) is 11.3 Å². The monoisotopic (exact) mass is 350 g/mol. The zero-order valence-electron chi connectivity index (χ0n) is 13.3. The molecule has 1 N–H and O–H groups in total. The molecular formula is C18H14N4O2S. The van der Waals surface area contributed by atoms with E-state index < -0.39 is 6.10 Å². The number of amides is 1. The highest BCUT2D eigenvalue weighted by Gasteiger charge is 2.17. The van der Waals surface area contributed by atoms with Crippen LogP contribution in [0.5, 0.6) is 5.75 Å². The van der Waals surface area contributed by atoms with Crippen LogP contribution in [0.15, 0.2) is 54.0 Å². The number of nitrogens with zero attached hydrogens (tertiary/aromatic N) is 3. The first-order chi connectivity index (χ1) is 12.2. The van der Waals surface area contributed by atoms with Gasteiger partial charge in [-0.1, -0.05) is 6.07 Å². The van der Waals surface area contributed by atoms with E-state index in [1.54, 1.807) is 37.4 Å². The van der Waals surface area contributed by atoms with Gasteiger partial charge in [0.1, 0.15) is 11.4 Å². The Balaban J connectivity index is 1.61. The molecule has 0 saturated heterocycles. The molecule has 2 heterocycles. The first kappa shape index (κ1) is 16.6. The Labute approximate surface area is 148 Å². The van der Waals surface area contributed by atoms with Crippen molar-refractivity contribution in [3.63, 3.8) is 0 Å². The summed E-state index contributed by atoms with van der Waals surface area (Å²) in [5, 5.41) is 13.8. The van der Waals surface area contributed by atoms with Gasteiger partial charge in [-0.05, 0) is 43.3 Å². The van der Waals surface area contributed by atoms with Crippen LogP contribution in [0.1, 0.15) is 12.5 Å². The Hall–Kier alpha value is -3.24. The summed E-state index contributed by atoms with van der Waals surface area (Å²) in [6, 6.07) is 14.2. The Morgan fingerprint density at radius 1 is 1.24 bits per heavy atom. The molecule has 0 aliphatic heterocycles. The van der Waals surface area contributed by atoms with E-state index in [1.807, 2.05) is 29.6 Å². The summed E-state index contributed by atoms with van der Waals surface area (Å²) >= 11 is 1.33. The lowest BCUT2D eigenvalue weighted by atomic mass is 10.2. The van der Waals surface area contributed by atoms with Gasteiger partial charge in [0.2, 0.25) is 0 Å². The quantitative estimate of drug-likeness (QED) is 0.761. The second kappa shape index (κ2) is 7.55. The predicted molar refractivity (Wildman–Crippen MR) is 95.2 cm³/mol. The lowest BCUT2D eigenvalue weighted by Crippen LogP contribution is -2.30. The van der Waals surface area contributed by atoms with E-state index in [0.29, 0.717) is 22.1 Å². The van der Waals surface area contributed by atoms with Crippen LogP contribution in [0.4, 0.5) is 5.13 Å². The molecule has 2 aromatic heterocycles. The van der Waals surface area contributed by atoms with Crippen LogP contribution in [0.2, 0.25) is 0 Å². The number of nitriles is 1. The van der Waals surface area contributed by atoms with E-state index in [-0.39, 0.29) is 5.91 Å². The molecule has 1 atom stereocenters. The minimum atomic E-state index is -0.699. The second-order valence-corrected chi connectivity index (χ2v) is 6.00.